The summed E-state index contributed by atoms with van der Waals surface area (Å²) in [5, 5.41) is 0. The average Bonchev–Trinajstić information content (AvgIpc) is 2.43. The maximum Gasteiger partial charge on any atom is 0.0594 e. The van der Waals surface area contributed by atoms with Crippen LogP contribution in [0.1, 0.15) is 47.0 Å². The number of unbranched alkanes of at least 4 members (excludes halogenated alkanes) is 2. The molecule has 1 aliphatic heterocycles. The van der Waals surface area contributed by atoms with E-state index in [1.165, 1.54) is 25.8 Å². The lowest BCUT2D eigenvalue weighted by Crippen LogP contribution is -2.35. The highest BCUT2D eigenvalue weighted by molar-refractivity contribution is 4.57. The number of ether oxygens (including phenoxy) is 2. The number of morpholine rings is 1. The normalized spacial score (nSPS) is 15.4. The fraction of sp³-hybridized carbons (Fsp3) is 1.00. The van der Waals surface area contributed by atoms with E-state index in [2.05, 4.69) is 18.7 Å². The molecule has 17 heavy (non-hydrogen) atoms. The van der Waals surface area contributed by atoms with Gasteiger partial charge in [-0.15, -0.1) is 0 Å². The van der Waals surface area contributed by atoms with E-state index in [0.29, 0.717) is 0 Å². The molecule has 0 radical (unpaired) electrons. The third kappa shape index (κ3) is 15.9. The number of likely N-dealkylation sites (N-methyl/N-ethyl adjacent to an activating group) is 1. The van der Waals surface area contributed by atoms with Crippen molar-refractivity contribution in [3.63, 3.8) is 0 Å². The Morgan fingerprint density at radius 3 is 2.00 bits per heavy atom. The zero-order valence-electron chi connectivity index (χ0n) is 12.6. The van der Waals surface area contributed by atoms with Crippen molar-refractivity contribution in [1.82, 2.24) is 4.90 Å². The highest BCUT2D eigenvalue weighted by Gasteiger charge is 2.05. The molecule has 1 saturated heterocycles. The number of hydrogen-bond donors (Lipinski definition) is 0. The van der Waals surface area contributed by atoms with Gasteiger partial charge in [-0.3, -0.25) is 4.90 Å². The molecule has 0 aliphatic carbocycles. The molecule has 3 heteroatoms. The molecule has 0 unspecified atom stereocenters. The van der Waals surface area contributed by atoms with Gasteiger partial charge in [0.25, 0.3) is 0 Å². The van der Waals surface area contributed by atoms with Crippen molar-refractivity contribution in [3.8, 4) is 0 Å². The van der Waals surface area contributed by atoms with Crippen LogP contribution in [0, 0.1) is 0 Å². The molecule has 0 atom stereocenters. The topological polar surface area (TPSA) is 21.7 Å². The van der Waals surface area contributed by atoms with Gasteiger partial charge in [-0.2, -0.15) is 0 Å². The van der Waals surface area contributed by atoms with Crippen molar-refractivity contribution in [2.24, 2.45) is 0 Å². The van der Waals surface area contributed by atoms with E-state index in [9.17, 15) is 0 Å². The first-order valence-corrected chi connectivity index (χ1v) is 7.14. The molecular weight excluding hydrogens is 214 g/mol. The van der Waals surface area contributed by atoms with Crippen LogP contribution < -0.4 is 0 Å². The van der Waals surface area contributed by atoms with Gasteiger partial charge < -0.3 is 9.47 Å². The molecule has 0 saturated carbocycles. The lowest BCUT2D eigenvalue weighted by molar-refractivity contribution is 0.0405. The van der Waals surface area contributed by atoms with Crippen molar-refractivity contribution >= 4 is 0 Å². The van der Waals surface area contributed by atoms with Crippen LogP contribution in [0.15, 0.2) is 0 Å². The fourth-order valence-corrected chi connectivity index (χ4v) is 1.41. The summed E-state index contributed by atoms with van der Waals surface area (Å²) in [6.07, 6.45) is 3.80. The van der Waals surface area contributed by atoms with Crippen LogP contribution in [-0.4, -0.2) is 51.5 Å². The van der Waals surface area contributed by atoms with E-state index in [-0.39, 0.29) is 0 Å². The van der Waals surface area contributed by atoms with Gasteiger partial charge in [-0.05, 0) is 13.0 Å². The Morgan fingerprint density at radius 2 is 1.65 bits per heavy atom. The third-order valence-electron chi connectivity index (χ3n) is 2.50. The predicted molar refractivity (Wildman–Crippen MR) is 75.7 cm³/mol. The first kappa shape index (κ1) is 19.2. The molecule has 0 amide bonds. The van der Waals surface area contributed by atoms with Gasteiger partial charge >= 0.3 is 0 Å². The van der Waals surface area contributed by atoms with Crippen LogP contribution in [0.3, 0.4) is 0 Å². The van der Waals surface area contributed by atoms with Gasteiger partial charge in [0.1, 0.15) is 0 Å². The average molecular weight is 247 g/mol. The second-order valence-corrected chi connectivity index (χ2v) is 3.75. The minimum atomic E-state index is 0.924. The minimum Gasteiger partial charge on any atom is -0.385 e. The summed E-state index contributed by atoms with van der Waals surface area (Å²) < 4.78 is 10.0. The molecule has 106 valence electrons. The van der Waals surface area contributed by atoms with Crippen molar-refractivity contribution in [3.05, 3.63) is 0 Å². The Balaban J connectivity index is 0. The zero-order valence-corrected chi connectivity index (χ0v) is 12.6. The molecule has 1 fully saturated rings. The van der Waals surface area contributed by atoms with E-state index in [1.807, 2.05) is 13.8 Å². The van der Waals surface area contributed by atoms with Gasteiger partial charge in [0.2, 0.25) is 0 Å². The Bertz CT molecular complexity index is 111. The van der Waals surface area contributed by atoms with Crippen LogP contribution in [-0.2, 0) is 9.47 Å². The van der Waals surface area contributed by atoms with Gasteiger partial charge in [-0.25, -0.2) is 0 Å². The smallest absolute Gasteiger partial charge is 0.0594 e. The lowest BCUT2D eigenvalue weighted by Gasteiger charge is -2.24. The number of methoxy groups -OCH3 is 1. The van der Waals surface area contributed by atoms with E-state index < -0.39 is 0 Å². The van der Waals surface area contributed by atoms with Crippen molar-refractivity contribution in [2.45, 2.75) is 47.0 Å². The summed E-state index contributed by atoms with van der Waals surface area (Å²) in [4.78, 5) is 2.39. The minimum absolute atomic E-state index is 0.924. The summed E-state index contributed by atoms with van der Waals surface area (Å²) in [5.74, 6) is 0. The van der Waals surface area contributed by atoms with Crippen molar-refractivity contribution < 1.29 is 9.47 Å². The number of nitrogens with zero attached hydrogens (tertiary/aromatic N) is 1. The second kappa shape index (κ2) is 18.3. The second-order valence-electron chi connectivity index (χ2n) is 3.75. The summed E-state index contributed by atoms with van der Waals surface area (Å²) in [6.45, 7) is 14.6. The SMILES string of the molecule is CC.CCCCCOC.CCN1CCOCC1. The largest absolute Gasteiger partial charge is 0.385 e. The van der Waals surface area contributed by atoms with Gasteiger partial charge in [0, 0.05) is 26.8 Å². The molecule has 0 bridgehead atoms. The zero-order chi connectivity index (χ0) is 13.4. The summed E-state index contributed by atoms with van der Waals surface area (Å²) in [7, 11) is 1.75. The van der Waals surface area contributed by atoms with Gasteiger partial charge in [0.05, 0.1) is 13.2 Å². The fourth-order valence-electron chi connectivity index (χ4n) is 1.41. The van der Waals surface area contributed by atoms with Crippen molar-refractivity contribution in [1.29, 1.82) is 0 Å². The van der Waals surface area contributed by atoms with Crippen LogP contribution in [0.25, 0.3) is 0 Å². The summed E-state index contributed by atoms with van der Waals surface area (Å²) in [5.41, 5.74) is 0. The third-order valence-corrected chi connectivity index (χ3v) is 2.50. The molecule has 0 spiro atoms. The molecule has 0 aromatic carbocycles. The van der Waals surface area contributed by atoms with Crippen LogP contribution in [0.2, 0.25) is 0 Å². The Morgan fingerprint density at radius 1 is 1.06 bits per heavy atom. The summed E-state index contributed by atoms with van der Waals surface area (Å²) in [6, 6.07) is 0. The number of hydrogen-bond acceptors (Lipinski definition) is 3. The molecule has 0 N–H and O–H groups in total. The van der Waals surface area contributed by atoms with E-state index >= 15 is 0 Å². The van der Waals surface area contributed by atoms with Crippen LogP contribution in [0.5, 0.6) is 0 Å². The highest BCUT2D eigenvalue weighted by Crippen LogP contribution is 1.93. The lowest BCUT2D eigenvalue weighted by atomic mass is 10.3. The predicted octanol–water partition coefficient (Wildman–Crippen LogP) is 3.19. The number of rotatable bonds is 5. The van der Waals surface area contributed by atoms with Crippen molar-refractivity contribution in [2.75, 3.05) is 46.6 Å². The first-order chi connectivity index (χ1) is 8.35. The van der Waals surface area contributed by atoms with Crippen LogP contribution in [0.4, 0.5) is 0 Å². The maximum absolute atomic E-state index is 5.16. The first-order valence-electron chi connectivity index (χ1n) is 7.14. The molecule has 1 rings (SSSR count). The summed E-state index contributed by atoms with van der Waals surface area (Å²) >= 11 is 0. The highest BCUT2D eigenvalue weighted by atomic mass is 16.5. The van der Waals surface area contributed by atoms with Gasteiger partial charge in [-0.1, -0.05) is 40.5 Å². The monoisotopic (exact) mass is 247 g/mol. The standard InChI is InChI=1S/C6H13NO.C6H14O.C2H6/c1-2-7-3-5-8-6-4-7;1-3-4-5-6-7-2;1-2/h2-6H2,1H3;3-6H2,1-2H3;1-2H3. The maximum atomic E-state index is 5.16. The van der Waals surface area contributed by atoms with E-state index in [0.717, 1.165) is 32.9 Å². The molecule has 1 heterocycles. The molecule has 3 nitrogen and oxygen atoms in total. The van der Waals surface area contributed by atoms with Gasteiger partial charge in [0.15, 0.2) is 0 Å². The quantitative estimate of drug-likeness (QED) is 0.696. The Kier molecular flexibility index (Phi) is 20.6. The molecular formula is C14H33NO2. The van der Waals surface area contributed by atoms with Crippen LogP contribution >= 0.6 is 0 Å². The molecule has 1 aliphatic rings. The molecule has 0 aromatic rings. The molecule has 0 aromatic heterocycles. The van der Waals surface area contributed by atoms with E-state index in [4.69, 9.17) is 9.47 Å². The Labute approximate surface area is 108 Å². The van der Waals surface area contributed by atoms with E-state index in [1.54, 1.807) is 7.11 Å². The Hall–Kier alpha value is -0.120.